The molecule has 11 heteroatoms. The average molecular weight is 500 g/mol. The average Bonchev–Trinajstić information content (AvgIpc) is 3.21. The molecule has 2 aromatic rings. The number of carboxylic acid groups (broad SMARTS) is 1. The zero-order valence-electron chi connectivity index (χ0n) is 21.1. The number of benzene rings is 2. The number of carbonyl (C=O) groups is 2. The Labute approximate surface area is 236 Å². The number of para-hydroxylation sites is 1. The van der Waals surface area contributed by atoms with E-state index in [1.807, 2.05) is 30.3 Å². The van der Waals surface area contributed by atoms with Gasteiger partial charge < -0.3 is 34.5 Å². The van der Waals surface area contributed by atoms with Gasteiger partial charge in [0.2, 0.25) is 0 Å². The SMILES string of the molecule is NCCCC[C@H](OP(=O)([O-])CCCCc1ccccc1)C(=O)N1c2ccccc2C[C@H]1C(=O)[O-].[Li+].[Li+]. The van der Waals surface area contributed by atoms with Crippen LogP contribution in [0.5, 0.6) is 0 Å². The van der Waals surface area contributed by atoms with Crippen molar-refractivity contribution in [2.75, 3.05) is 17.6 Å². The molecule has 0 aliphatic carbocycles. The number of hydrogen-bond acceptors (Lipinski definition) is 7. The molecule has 8 nitrogen and oxygen atoms in total. The number of unbranched alkanes of at least 4 members (excludes halogenated alkanes) is 2. The Morgan fingerprint density at radius 3 is 2.36 bits per heavy atom. The van der Waals surface area contributed by atoms with E-state index in [4.69, 9.17) is 10.3 Å². The summed E-state index contributed by atoms with van der Waals surface area (Å²) in [5.41, 5.74) is 7.81. The predicted octanol–water partition coefficient (Wildman–Crippen LogP) is -4.21. The van der Waals surface area contributed by atoms with Gasteiger partial charge in [0.05, 0.1) is 12.0 Å². The van der Waals surface area contributed by atoms with Gasteiger partial charge >= 0.3 is 37.7 Å². The van der Waals surface area contributed by atoms with E-state index in [-0.39, 0.29) is 56.7 Å². The van der Waals surface area contributed by atoms with Crippen LogP contribution < -0.4 is 58.4 Å². The number of aryl methyl sites for hydroxylation is 1. The largest absolute Gasteiger partial charge is 1.00 e. The van der Waals surface area contributed by atoms with Crippen LogP contribution in [0.1, 0.15) is 43.2 Å². The smallest absolute Gasteiger partial charge is 0.778 e. The fourth-order valence-corrected chi connectivity index (χ4v) is 5.52. The molecule has 1 unspecified atom stereocenters. The first kappa shape index (κ1) is 32.7. The van der Waals surface area contributed by atoms with Crippen LogP contribution in [0.15, 0.2) is 54.6 Å². The standard InChI is InChI=1S/C25H33N2O6P.2Li/c26-16-8-6-15-23(33-34(31,32)17-9-7-12-19-10-2-1-3-11-19)24(28)27-21-14-5-4-13-20(21)18-22(27)25(29)30;;/h1-5,10-11,13-14,22-23H,6-9,12,15-18,26H2,(H,29,30)(H,31,32);;/q;2*+1/p-2/t22-,23-;;/m0../s1. The third kappa shape index (κ3) is 9.21. The Bertz CT molecular complexity index is 1030. The zero-order valence-corrected chi connectivity index (χ0v) is 22.0. The maximum atomic E-state index is 13.4. The molecule has 0 aromatic heterocycles. The molecule has 0 fully saturated rings. The molecule has 3 rings (SSSR count). The molecule has 0 bridgehead atoms. The minimum Gasteiger partial charge on any atom is -0.778 e. The van der Waals surface area contributed by atoms with Crippen molar-refractivity contribution in [2.45, 2.75) is 57.1 Å². The van der Waals surface area contributed by atoms with Crippen LogP contribution in [0.25, 0.3) is 0 Å². The number of rotatable bonds is 13. The fraction of sp³-hybridized carbons (Fsp3) is 0.440. The fourth-order valence-electron chi connectivity index (χ4n) is 4.22. The topological polar surface area (TPSA) is 136 Å². The third-order valence-corrected chi connectivity index (χ3v) is 7.40. The van der Waals surface area contributed by atoms with Gasteiger partial charge in [0.15, 0.2) is 0 Å². The van der Waals surface area contributed by atoms with Gasteiger partial charge in [-0.2, -0.15) is 0 Å². The van der Waals surface area contributed by atoms with Crippen LogP contribution in [0.3, 0.4) is 0 Å². The Hall–Kier alpha value is -1.32. The number of carbonyl (C=O) groups excluding carboxylic acids is 2. The molecule has 0 radical (unpaired) electrons. The number of nitrogens with zero attached hydrogens (tertiary/aromatic N) is 1. The molecule has 1 aliphatic rings. The van der Waals surface area contributed by atoms with Crippen LogP contribution in [-0.4, -0.2) is 36.7 Å². The van der Waals surface area contributed by atoms with Crippen molar-refractivity contribution < 1.29 is 66.4 Å². The van der Waals surface area contributed by atoms with E-state index < -0.39 is 31.6 Å². The summed E-state index contributed by atoms with van der Waals surface area (Å²) in [6, 6.07) is 15.4. The van der Waals surface area contributed by atoms with Crippen LogP contribution in [0.2, 0.25) is 0 Å². The summed E-state index contributed by atoms with van der Waals surface area (Å²) >= 11 is 0. The van der Waals surface area contributed by atoms with Crippen LogP contribution >= 0.6 is 7.60 Å². The molecule has 1 amide bonds. The first-order chi connectivity index (χ1) is 16.3. The molecule has 36 heavy (non-hydrogen) atoms. The summed E-state index contributed by atoms with van der Waals surface area (Å²) < 4.78 is 18.2. The van der Waals surface area contributed by atoms with Crippen LogP contribution in [0, 0.1) is 0 Å². The van der Waals surface area contributed by atoms with Crippen molar-refractivity contribution >= 4 is 25.2 Å². The summed E-state index contributed by atoms with van der Waals surface area (Å²) in [5.74, 6) is -2.08. The molecule has 2 N–H and O–H groups in total. The first-order valence-corrected chi connectivity index (χ1v) is 13.4. The summed E-state index contributed by atoms with van der Waals surface area (Å²) in [4.78, 5) is 39.1. The van der Waals surface area contributed by atoms with Crippen molar-refractivity contribution in [1.29, 1.82) is 0 Å². The monoisotopic (exact) mass is 500 g/mol. The van der Waals surface area contributed by atoms with E-state index in [2.05, 4.69) is 0 Å². The summed E-state index contributed by atoms with van der Waals surface area (Å²) in [6.07, 6.45) is 1.61. The Kier molecular flexibility index (Phi) is 14.4. The summed E-state index contributed by atoms with van der Waals surface area (Å²) in [6.45, 7) is 0.393. The molecule has 1 aliphatic heterocycles. The molecule has 2 aromatic carbocycles. The first-order valence-electron chi connectivity index (χ1n) is 11.7. The Morgan fingerprint density at radius 2 is 1.69 bits per heavy atom. The normalized spacial score (nSPS) is 16.7. The van der Waals surface area contributed by atoms with Crippen molar-refractivity contribution in [1.82, 2.24) is 0 Å². The van der Waals surface area contributed by atoms with E-state index in [9.17, 15) is 24.2 Å². The molecule has 0 saturated carbocycles. The number of nitrogens with two attached hydrogens (primary N) is 1. The van der Waals surface area contributed by atoms with Gasteiger partial charge in [-0.25, -0.2) is 0 Å². The van der Waals surface area contributed by atoms with Gasteiger partial charge in [-0.1, -0.05) is 48.5 Å². The molecule has 3 atom stereocenters. The van der Waals surface area contributed by atoms with Crippen molar-refractivity contribution in [3.05, 3.63) is 65.7 Å². The minimum atomic E-state index is -4.33. The second-order valence-corrected chi connectivity index (χ2v) is 10.4. The quantitative estimate of drug-likeness (QED) is 0.167. The van der Waals surface area contributed by atoms with E-state index in [0.29, 0.717) is 43.5 Å². The van der Waals surface area contributed by atoms with Gasteiger partial charge in [-0.3, -0.25) is 4.79 Å². The summed E-state index contributed by atoms with van der Waals surface area (Å²) in [7, 11) is -4.33. The Balaban J connectivity index is 0.00000324. The van der Waals surface area contributed by atoms with E-state index >= 15 is 0 Å². The van der Waals surface area contributed by atoms with E-state index in [1.165, 1.54) is 0 Å². The van der Waals surface area contributed by atoms with E-state index in [1.54, 1.807) is 24.3 Å². The number of carboxylic acids is 1. The second-order valence-electron chi connectivity index (χ2n) is 8.53. The van der Waals surface area contributed by atoms with E-state index in [0.717, 1.165) is 16.9 Å². The number of fused-ring (bicyclic) bond motifs is 1. The summed E-state index contributed by atoms with van der Waals surface area (Å²) in [5, 5.41) is 11.8. The molecule has 0 spiro atoms. The second kappa shape index (κ2) is 15.8. The molecule has 0 saturated heterocycles. The van der Waals surface area contributed by atoms with Crippen molar-refractivity contribution in [3.8, 4) is 0 Å². The van der Waals surface area contributed by atoms with Crippen molar-refractivity contribution in [3.63, 3.8) is 0 Å². The van der Waals surface area contributed by atoms with Crippen LogP contribution in [0.4, 0.5) is 5.69 Å². The molecular weight excluding hydrogens is 469 g/mol. The van der Waals surface area contributed by atoms with Gasteiger partial charge in [0, 0.05) is 18.3 Å². The maximum Gasteiger partial charge on any atom is 1.00 e. The Morgan fingerprint density at radius 1 is 1.03 bits per heavy atom. The van der Waals surface area contributed by atoms with Gasteiger partial charge in [-0.05, 0) is 62.3 Å². The predicted molar refractivity (Wildman–Crippen MR) is 126 cm³/mol. The zero-order chi connectivity index (χ0) is 24.6. The number of amides is 1. The van der Waals surface area contributed by atoms with Gasteiger partial charge in [-0.15, -0.1) is 0 Å². The van der Waals surface area contributed by atoms with Gasteiger partial charge in [0.25, 0.3) is 5.91 Å². The molecular formula is C25H31Li2N2O6P. The molecule has 1 heterocycles. The molecule has 184 valence electrons. The van der Waals surface area contributed by atoms with Gasteiger partial charge in [0.1, 0.15) is 13.7 Å². The maximum absolute atomic E-state index is 13.4. The van der Waals surface area contributed by atoms with Crippen LogP contribution in [-0.2, 0) is 31.5 Å². The number of hydrogen-bond donors (Lipinski definition) is 1. The number of aliphatic carboxylic acids is 1. The minimum absolute atomic E-state index is 0. The number of anilines is 1. The third-order valence-electron chi connectivity index (χ3n) is 5.96. The van der Waals surface area contributed by atoms with Crippen molar-refractivity contribution in [2.24, 2.45) is 5.73 Å².